The van der Waals surface area contributed by atoms with Gasteiger partial charge in [-0.2, -0.15) is 0 Å². The highest BCUT2D eigenvalue weighted by molar-refractivity contribution is 5.13. The fourth-order valence-corrected chi connectivity index (χ4v) is 3.38. The minimum atomic E-state index is 0.645. The van der Waals surface area contributed by atoms with Crippen LogP contribution in [0.25, 0.3) is 0 Å². The lowest BCUT2D eigenvalue weighted by molar-refractivity contribution is 0.0263. The summed E-state index contributed by atoms with van der Waals surface area (Å²) in [6.07, 6.45) is 2.95. The summed E-state index contributed by atoms with van der Waals surface area (Å²) in [5.41, 5.74) is 1.34. The van der Waals surface area contributed by atoms with Crippen LogP contribution in [0, 0.1) is 28.6 Å². The van der Waals surface area contributed by atoms with Crippen LogP contribution in [0.2, 0.25) is 0 Å². The zero-order valence-corrected chi connectivity index (χ0v) is 9.15. The molecule has 2 saturated carbocycles. The van der Waals surface area contributed by atoms with Gasteiger partial charge >= 0.3 is 0 Å². The number of hydrogen-bond acceptors (Lipinski definition) is 0. The average molecular weight is 166 g/mol. The Morgan fingerprint density at radius 2 is 1.58 bits per heavy atom. The predicted molar refractivity (Wildman–Crippen MR) is 52.9 cm³/mol. The van der Waals surface area contributed by atoms with E-state index in [4.69, 9.17) is 0 Å². The van der Waals surface area contributed by atoms with Crippen molar-refractivity contribution >= 4 is 0 Å². The Kier molecular flexibility index (Phi) is 1.49. The molecule has 4 unspecified atom stereocenters. The molecule has 70 valence electrons. The van der Waals surface area contributed by atoms with Gasteiger partial charge in [-0.15, -0.1) is 0 Å². The van der Waals surface area contributed by atoms with Gasteiger partial charge in [-0.3, -0.25) is 0 Å². The lowest BCUT2D eigenvalue weighted by Gasteiger charge is -2.46. The fourth-order valence-electron chi connectivity index (χ4n) is 3.38. The standard InChI is InChI=1S/C12H22/c1-8-6-10(9(8)2)12(5)7-11(12,3)4/h8-10H,6-7H2,1-5H3. The second-order valence-electron chi connectivity index (χ2n) is 6.16. The third-order valence-corrected chi connectivity index (χ3v) is 5.21. The molecule has 12 heavy (non-hydrogen) atoms. The van der Waals surface area contributed by atoms with E-state index in [2.05, 4.69) is 34.6 Å². The van der Waals surface area contributed by atoms with E-state index in [1.54, 1.807) is 0 Å². The summed E-state index contributed by atoms with van der Waals surface area (Å²) in [5, 5.41) is 0. The first-order chi connectivity index (χ1) is 5.38. The van der Waals surface area contributed by atoms with Crippen LogP contribution < -0.4 is 0 Å². The van der Waals surface area contributed by atoms with E-state index < -0.39 is 0 Å². The summed E-state index contributed by atoms with van der Waals surface area (Å²) in [6, 6.07) is 0. The molecule has 2 aliphatic carbocycles. The van der Waals surface area contributed by atoms with Gasteiger partial charge in [0.25, 0.3) is 0 Å². The first kappa shape index (κ1) is 8.59. The van der Waals surface area contributed by atoms with E-state index in [9.17, 15) is 0 Å². The van der Waals surface area contributed by atoms with Crippen LogP contribution in [0.15, 0.2) is 0 Å². The molecule has 2 fully saturated rings. The summed E-state index contributed by atoms with van der Waals surface area (Å²) in [5.74, 6) is 3.00. The highest BCUT2D eigenvalue weighted by atomic mass is 14.7. The molecular weight excluding hydrogens is 144 g/mol. The normalized spacial score (nSPS) is 56.2. The Morgan fingerprint density at radius 1 is 1.08 bits per heavy atom. The van der Waals surface area contributed by atoms with Crippen molar-refractivity contribution in [2.45, 2.75) is 47.5 Å². The summed E-state index contributed by atoms with van der Waals surface area (Å²) in [6.45, 7) is 12.2. The summed E-state index contributed by atoms with van der Waals surface area (Å²) in [7, 11) is 0. The van der Waals surface area contributed by atoms with Gasteiger partial charge in [0.1, 0.15) is 0 Å². The zero-order chi connectivity index (χ0) is 9.15. The maximum atomic E-state index is 2.50. The van der Waals surface area contributed by atoms with Gasteiger partial charge in [-0.1, -0.05) is 34.6 Å². The molecule has 0 radical (unpaired) electrons. The molecule has 0 saturated heterocycles. The van der Waals surface area contributed by atoms with Crippen LogP contribution in [-0.2, 0) is 0 Å². The average Bonchev–Trinajstić information content (AvgIpc) is 2.46. The van der Waals surface area contributed by atoms with E-state index in [0.29, 0.717) is 10.8 Å². The van der Waals surface area contributed by atoms with Crippen molar-refractivity contribution < 1.29 is 0 Å². The molecule has 2 rings (SSSR count). The monoisotopic (exact) mass is 166 g/mol. The molecule has 0 nitrogen and oxygen atoms in total. The van der Waals surface area contributed by atoms with Gasteiger partial charge in [0.15, 0.2) is 0 Å². The Balaban J connectivity index is 2.05. The van der Waals surface area contributed by atoms with E-state index in [-0.39, 0.29) is 0 Å². The second-order valence-corrected chi connectivity index (χ2v) is 6.16. The lowest BCUT2D eigenvalue weighted by atomic mass is 9.59. The molecule has 4 atom stereocenters. The minimum absolute atomic E-state index is 0.645. The zero-order valence-electron chi connectivity index (χ0n) is 9.15. The molecule has 0 bridgehead atoms. The lowest BCUT2D eigenvalue weighted by Crippen LogP contribution is -2.39. The molecule has 2 aliphatic rings. The predicted octanol–water partition coefficient (Wildman–Crippen LogP) is 3.71. The molecule has 0 heteroatoms. The Morgan fingerprint density at radius 3 is 1.83 bits per heavy atom. The van der Waals surface area contributed by atoms with Crippen molar-refractivity contribution in [1.29, 1.82) is 0 Å². The fraction of sp³-hybridized carbons (Fsp3) is 1.00. The smallest absolute Gasteiger partial charge is 0.0238 e. The van der Waals surface area contributed by atoms with Crippen LogP contribution in [-0.4, -0.2) is 0 Å². The maximum Gasteiger partial charge on any atom is -0.0238 e. The van der Waals surface area contributed by atoms with E-state index in [1.165, 1.54) is 12.8 Å². The van der Waals surface area contributed by atoms with Gasteiger partial charge in [0.05, 0.1) is 0 Å². The SMILES string of the molecule is CC1CC(C2(C)CC2(C)C)C1C. The van der Waals surface area contributed by atoms with Gasteiger partial charge in [-0.25, -0.2) is 0 Å². The molecule has 0 aromatic rings. The van der Waals surface area contributed by atoms with Crippen molar-refractivity contribution in [3.8, 4) is 0 Å². The van der Waals surface area contributed by atoms with Crippen molar-refractivity contribution in [2.75, 3.05) is 0 Å². The van der Waals surface area contributed by atoms with Gasteiger partial charge in [0.2, 0.25) is 0 Å². The minimum Gasteiger partial charge on any atom is -0.0622 e. The van der Waals surface area contributed by atoms with Crippen molar-refractivity contribution in [3.05, 3.63) is 0 Å². The maximum absolute atomic E-state index is 2.50. The number of rotatable bonds is 1. The van der Waals surface area contributed by atoms with Crippen LogP contribution >= 0.6 is 0 Å². The van der Waals surface area contributed by atoms with E-state index >= 15 is 0 Å². The van der Waals surface area contributed by atoms with Crippen LogP contribution in [0.4, 0.5) is 0 Å². The third kappa shape index (κ3) is 0.843. The molecule has 0 spiro atoms. The Bertz CT molecular complexity index is 204. The summed E-state index contributed by atoms with van der Waals surface area (Å²) < 4.78 is 0. The third-order valence-electron chi connectivity index (χ3n) is 5.21. The van der Waals surface area contributed by atoms with Crippen LogP contribution in [0.1, 0.15) is 47.5 Å². The molecule has 0 aromatic heterocycles. The molecule has 0 aliphatic heterocycles. The topological polar surface area (TPSA) is 0 Å². The summed E-state index contributed by atoms with van der Waals surface area (Å²) >= 11 is 0. The largest absolute Gasteiger partial charge is 0.0622 e. The van der Waals surface area contributed by atoms with Crippen molar-refractivity contribution in [1.82, 2.24) is 0 Å². The van der Waals surface area contributed by atoms with Crippen molar-refractivity contribution in [3.63, 3.8) is 0 Å². The van der Waals surface area contributed by atoms with Gasteiger partial charge in [0, 0.05) is 0 Å². The molecule has 0 heterocycles. The van der Waals surface area contributed by atoms with Gasteiger partial charge in [-0.05, 0) is 41.4 Å². The van der Waals surface area contributed by atoms with Crippen LogP contribution in [0.5, 0.6) is 0 Å². The summed E-state index contributed by atoms with van der Waals surface area (Å²) in [4.78, 5) is 0. The first-order valence-corrected chi connectivity index (χ1v) is 5.38. The van der Waals surface area contributed by atoms with Crippen molar-refractivity contribution in [2.24, 2.45) is 28.6 Å². The quantitative estimate of drug-likeness (QED) is 0.557. The van der Waals surface area contributed by atoms with E-state index in [0.717, 1.165) is 17.8 Å². The highest BCUT2D eigenvalue weighted by Crippen LogP contribution is 2.72. The molecular formula is C12H22. The first-order valence-electron chi connectivity index (χ1n) is 5.38. The number of hydrogen-bond donors (Lipinski definition) is 0. The van der Waals surface area contributed by atoms with Crippen LogP contribution in [0.3, 0.4) is 0 Å². The molecule has 0 N–H and O–H groups in total. The van der Waals surface area contributed by atoms with E-state index in [1.807, 2.05) is 0 Å². The molecule has 0 amide bonds. The highest BCUT2D eigenvalue weighted by Gasteiger charge is 2.64. The second kappa shape index (κ2) is 2.08. The van der Waals surface area contributed by atoms with Gasteiger partial charge < -0.3 is 0 Å². The Hall–Kier alpha value is 0. The molecule has 0 aromatic carbocycles. The Labute approximate surface area is 76.7 Å².